The molecule has 4 nitrogen and oxygen atoms in total. The maximum atomic E-state index is 13.9. The SMILES string of the molecule is O/N=C(\Cc1cc(Br)c(F)cc1F)c1ccnc2c1CC=N2. The zero-order valence-corrected chi connectivity index (χ0v) is 12.8. The van der Waals surface area contributed by atoms with E-state index >= 15 is 0 Å². The van der Waals surface area contributed by atoms with Crippen LogP contribution in [0.4, 0.5) is 14.6 Å². The number of hydrogen-bond acceptors (Lipinski definition) is 4. The van der Waals surface area contributed by atoms with Gasteiger partial charge in [-0.3, -0.25) is 0 Å². The highest BCUT2D eigenvalue weighted by Crippen LogP contribution is 2.27. The number of aliphatic imine (C=N–C) groups is 1. The lowest BCUT2D eigenvalue weighted by Crippen LogP contribution is -2.10. The van der Waals surface area contributed by atoms with Crippen molar-refractivity contribution in [1.82, 2.24) is 4.98 Å². The van der Waals surface area contributed by atoms with Gasteiger partial charge in [-0.05, 0) is 33.6 Å². The van der Waals surface area contributed by atoms with Gasteiger partial charge in [-0.25, -0.2) is 18.8 Å². The molecule has 0 radical (unpaired) electrons. The number of aromatic nitrogens is 1. The van der Waals surface area contributed by atoms with Crippen LogP contribution in [0.2, 0.25) is 0 Å². The minimum Gasteiger partial charge on any atom is -0.411 e. The lowest BCUT2D eigenvalue weighted by Gasteiger charge is -2.10. The third-order valence-electron chi connectivity index (χ3n) is 3.42. The van der Waals surface area contributed by atoms with Crippen LogP contribution in [0, 0.1) is 11.6 Å². The topological polar surface area (TPSA) is 57.8 Å². The van der Waals surface area contributed by atoms with Crippen molar-refractivity contribution < 1.29 is 14.0 Å². The summed E-state index contributed by atoms with van der Waals surface area (Å²) >= 11 is 3.02. The molecule has 2 heterocycles. The van der Waals surface area contributed by atoms with Crippen LogP contribution >= 0.6 is 15.9 Å². The van der Waals surface area contributed by atoms with Crippen molar-refractivity contribution in [2.45, 2.75) is 12.8 Å². The molecule has 0 saturated carbocycles. The Labute approximate surface area is 133 Å². The monoisotopic (exact) mass is 365 g/mol. The van der Waals surface area contributed by atoms with E-state index in [1.165, 1.54) is 6.07 Å². The van der Waals surface area contributed by atoms with Crippen molar-refractivity contribution >= 4 is 33.7 Å². The van der Waals surface area contributed by atoms with Crippen molar-refractivity contribution in [3.8, 4) is 0 Å². The minimum absolute atomic E-state index is 0.0255. The first kappa shape index (κ1) is 14.8. The van der Waals surface area contributed by atoms with Gasteiger partial charge in [0.25, 0.3) is 0 Å². The van der Waals surface area contributed by atoms with Gasteiger partial charge in [-0.2, -0.15) is 0 Å². The Kier molecular flexibility index (Phi) is 3.98. The summed E-state index contributed by atoms with van der Waals surface area (Å²) in [7, 11) is 0. The normalized spacial score (nSPS) is 13.5. The Morgan fingerprint density at radius 1 is 1.32 bits per heavy atom. The Morgan fingerprint density at radius 2 is 2.14 bits per heavy atom. The average molecular weight is 366 g/mol. The third-order valence-corrected chi connectivity index (χ3v) is 4.03. The van der Waals surface area contributed by atoms with Crippen LogP contribution in [0.15, 0.2) is 39.0 Å². The number of pyridine rings is 1. The molecule has 0 saturated heterocycles. The van der Waals surface area contributed by atoms with E-state index in [1.54, 1.807) is 18.5 Å². The smallest absolute Gasteiger partial charge is 0.155 e. The fourth-order valence-corrected chi connectivity index (χ4v) is 2.74. The van der Waals surface area contributed by atoms with Crippen LogP contribution in [-0.2, 0) is 12.8 Å². The van der Waals surface area contributed by atoms with Crippen LogP contribution in [-0.4, -0.2) is 22.1 Å². The molecule has 7 heteroatoms. The van der Waals surface area contributed by atoms with Crippen molar-refractivity contribution in [2.75, 3.05) is 0 Å². The Bertz CT molecular complexity index is 806. The summed E-state index contributed by atoms with van der Waals surface area (Å²) in [6.45, 7) is 0. The summed E-state index contributed by atoms with van der Waals surface area (Å²) in [6.07, 6.45) is 3.87. The number of oxime groups is 1. The molecule has 2 aromatic rings. The Balaban J connectivity index is 1.98. The van der Waals surface area contributed by atoms with Gasteiger partial charge in [0, 0.05) is 42.4 Å². The number of nitrogens with zero attached hydrogens (tertiary/aromatic N) is 3. The van der Waals surface area contributed by atoms with E-state index in [9.17, 15) is 14.0 Å². The molecule has 3 rings (SSSR count). The summed E-state index contributed by atoms with van der Waals surface area (Å²) in [5.41, 5.74) is 1.99. The molecule has 1 aliphatic heterocycles. The summed E-state index contributed by atoms with van der Waals surface area (Å²) in [4.78, 5) is 8.24. The van der Waals surface area contributed by atoms with Crippen LogP contribution in [0.25, 0.3) is 0 Å². The van der Waals surface area contributed by atoms with E-state index in [1.807, 2.05) is 0 Å². The summed E-state index contributed by atoms with van der Waals surface area (Å²) in [5, 5.41) is 12.6. The highest BCUT2D eigenvalue weighted by molar-refractivity contribution is 9.10. The maximum Gasteiger partial charge on any atom is 0.155 e. The fourth-order valence-electron chi connectivity index (χ4n) is 2.35. The number of halogens is 3. The highest BCUT2D eigenvalue weighted by atomic mass is 79.9. The first-order valence-electron chi connectivity index (χ1n) is 6.45. The van der Waals surface area contributed by atoms with E-state index < -0.39 is 11.6 Å². The van der Waals surface area contributed by atoms with Gasteiger partial charge in [0.2, 0.25) is 0 Å². The van der Waals surface area contributed by atoms with Gasteiger partial charge in [0.05, 0.1) is 10.2 Å². The average Bonchev–Trinajstić information content (AvgIpc) is 2.98. The molecule has 0 unspecified atom stereocenters. The van der Waals surface area contributed by atoms with Gasteiger partial charge in [-0.15, -0.1) is 0 Å². The number of rotatable bonds is 3. The maximum absolute atomic E-state index is 13.9. The lowest BCUT2D eigenvalue weighted by molar-refractivity contribution is 0.318. The van der Waals surface area contributed by atoms with Gasteiger partial charge in [0.15, 0.2) is 5.82 Å². The fraction of sp³-hybridized carbons (Fsp3) is 0.133. The lowest BCUT2D eigenvalue weighted by atomic mass is 9.97. The van der Waals surface area contributed by atoms with Crippen molar-refractivity contribution in [1.29, 1.82) is 0 Å². The number of hydrogen-bond donors (Lipinski definition) is 1. The Morgan fingerprint density at radius 3 is 2.91 bits per heavy atom. The first-order chi connectivity index (χ1) is 10.6. The van der Waals surface area contributed by atoms with Crippen LogP contribution in [0.5, 0.6) is 0 Å². The second kappa shape index (κ2) is 5.92. The largest absolute Gasteiger partial charge is 0.411 e. The molecule has 1 aliphatic rings. The molecule has 0 bridgehead atoms. The van der Waals surface area contributed by atoms with E-state index in [4.69, 9.17) is 0 Å². The molecule has 1 aromatic carbocycles. The van der Waals surface area contributed by atoms with Crippen LogP contribution in [0.1, 0.15) is 16.7 Å². The predicted molar refractivity (Wildman–Crippen MR) is 82.2 cm³/mol. The molecule has 0 fully saturated rings. The van der Waals surface area contributed by atoms with Gasteiger partial charge in [0.1, 0.15) is 11.6 Å². The van der Waals surface area contributed by atoms with Crippen LogP contribution in [0.3, 0.4) is 0 Å². The molecule has 0 amide bonds. The van der Waals surface area contributed by atoms with Crippen LogP contribution < -0.4 is 0 Å². The number of fused-ring (bicyclic) bond motifs is 1. The van der Waals surface area contributed by atoms with E-state index in [0.717, 1.165) is 11.6 Å². The third kappa shape index (κ3) is 2.64. The molecular formula is C15H10BrF2N3O. The van der Waals surface area contributed by atoms with Gasteiger partial charge in [-0.1, -0.05) is 5.16 Å². The standard InChI is InChI=1S/C15H10BrF2N3O/c16-11-5-8(12(17)7-13(11)18)6-14(21-22)9-1-3-19-15-10(9)2-4-20-15/h1,3-5,7,22H,2,6H2/b21-14+. The van der Waals surface area contributed by atoms with Crippen molar-refractivity contribution in [3.63, 3.8) is 0 Å². The number of benzene rings is 1. The van der Waals surface area contributed by atoms with E-state index in [2.05, 4.69) is 31.1 Å². The summed E-state index contributed by atoms with van der Waals surface area (Å²) in [6, 6.07) is 3.83. The highest BCUT2D eigenvalue weighted by Gasteiger charge is 2.19. The van der Waals surface area contributed by atoms with Gasteiger partial charge >= 0.3 is 0 Å². The molecule has 1 aromatic heterocycles. The first-order valence-corrected chi connectivity index (χ1v) is 7.24. The zero-order chi connectivity index (χ0) is 15.7. The van der Waals surface area contributed by atoms with Crippen molar-refractivity contribution in [2.24, 2.45) is 10.1 Å². The van der Waals surface area contributed by atoms with Crippen molar-refractivity contribution in [3.05, 3.63) is 57.2 Å². The molecule has 0 atom stereocenters. The molecular weight excluding hydrogens is 356 g/mol. The quantitative estimate of drug-likeness (QED) is 0.389. The van der Waals surface area contributed by atoms with E-state index in [0.29, 0.717) is 17.8 Å². The second-order valence-electron chi connectivity index (χ2n) is 4.76. The van der Waals surface area contributed by atoms with Gasteiger partial charge < -0.3 is 5.21 Å². The molecule has 1 N–H and O–H groups in total. The predicted octanol–water partition coefficient (Wildman–Crippen LogP) is 3.80. The summed E-state index contributed by atoms with van der Waals surface area (Å²) < 4.78 is 27.3. The zero-order valence-electron chi connectivity index (χ0n) is 11.2. The molecule has 112 valence electrons. The second-order valence-corrected chi connectivity index (χ2v) is 5.61. The minimum atomic E-state index is -0.691. The molecule has 0 aliphatic carbocycles. The Hall–Kier alpha value is -2.15. The molecule has 22 heavy (non-hydrogen) atoms. The van der Waals surface area contributed by atoms with E-state index in [-0.39, 0.29) is 22.2 Å². The summed E-state index contributed by atoms with van der Waals surface area (Å²) in [5.74, 6) is -0.801. The molecule has 0 spiro atoms.